The molecule has 0 radical (unpaired) electrons. The van der Waals surface area contributed by atoms with E-state index in [2.05, 4.69) is 5.32 Å². The highest BCUT2D eigenvalue weighted by molar-refractivity contribution is 5.88. The zero-order valence-electron chi connectivity index (χ0n) is 16.3. The van der Waals surface area contributed by atoms with E-state index in [-0.39, 0.29) is 17.9 Å². The summed E-state index contributed by atoms with van der Waals surface area (Å²) >= 11 is 0. The number of carbonyl (C=O) groups is 2. The van der Waals surface area contributed by atoms with Crippen molar-refractivity contribution in [2.24, 2.45) is 0 Å². The summed E-state index contributed by atoms with van der Waals surface area (Å²) < 4.78 is 5.62. The Morgan fingerprint density at radius 3 is 2.39 bits per heavy atom. The minimum absolute atomic E-state index is 0.0510. The van der Waals surface area contributed by atoms with Gasteiger partial charge in [-0.05, 0) is 24.0 Å². The Morgan fingerprint density at radius 2 is 1.79 bits per heavy atom. The lowest BCUT2D eigenvalue weighted by Crippen LogP contribution is -2.44. The molecule has 0 aromatic heterocycles. The molecule has 1 N–H and O–H groups in total. The van der Waals surface area contributed by atoms with Crippen LogP contribution >= 0.6 is 0 Å². The van der Waals surface area contributed by atoms with Crippen LogP contribution in [0.15, 0.2) is 60.7 Å². The largest absolute Gasteiger partial charge is 0.376 e. The molecule has 5 nitrogen and oxygen atoms in total. The molecule has 0 spiro atoms. The van der Waals surface area contributed by atoms with E-state index in [1.165, 1.54) is 0 Å². The van der Waals surface area contributed by atoms with Crippen molar-refractivity contribution in [3.8, 4) is 0 Å². The van der Waals surface area contributed by atoms with Crippen LogP contribution < -0.4 is 5.32 Å². The van der Waals surface area contributed by atoms with Gasteiger partial charge in [-0.2, -0.15) is 0 Å². The number of carbonyl (C=O) groups excluding carboxylic acids is 2. The highest BCUT2D eigenvalue weighted by atomic mass is 16.5. The molecule has 0 saturated carbocycles. The first kappa shape index (κ1) is 20.1. The van der Waals surface area contributed by atoms with Crippen LogP contribution in [0.5, 0.6) is 0 Å². The predicted molar refractivity (Wildman–Crippen MR) is 108 cm³/mol. The molecule has 2 aromatic carbocycles. The van der Waals surface area contributed by atoms with Gasteiger partial charge >= 0.3 is 0 Å². The van der Waals surface area contributed by atoms with Gasteiger partial charge in [-0.25, -0.2) is 0 Å². The fraction of sp³-hybridized carbons (Fsp3) is 0.391. The molecule has 0 unspecified atom stereocenters. The van der Waals surface area contributed by atoms with E-state index >= 15 is 0 Å². The molecule has 1 aliphatic heterocycles. The molecule has 1 saturated heterocycles. The average Bonchev–Trinajstić information content (AvgIpc) is 3.26. The molecular formula is C23H28N2O3. The lowest BCUT2D eigenvalue weighted by molar-refractivity contribution is -0.141. The first-order valence-electron chi connectivity index (χ1n) is 9.96. The smallest absolute Gasteiger partial charge is 0.247 e. The van der Waals surface area contributed by atoms with Gasteiger partial charge in [-0.15, -0.1) is 0 Å². The van der Waals surface area contributed by atoms with Crippen molar-refractivity contribution in [1.82, 2.24) is 10.2 Å². The van der Waals surface area contributed by atoms with Crippen LogP contribution in [0.3, 0.4) is 0 Å². The lowest BCUT2D eigenvalue weighted by Gasteiger charge is -2.31. The van der Waals surface area contributed by atoms with E-state index in [1.54, 1.807) is 4.90 Å². The highest BCUT2D eigenvalue weighted by Crippen LogP contribution is 2.25. The Hall–Kier alpha value is -2.66. The molecule has 28 heavy (non-hydrogen) atoms. The van der Waals surface area contributed by atoms with E-state index in [4.69, 9.17) is 4.74 Å². The van der Waals surface area contributed by atoms with Crippen LogP contribution in [0.1, 0.15) is 43.4 Å². The minimum Gasteiger partial charge on any atom is -0.376 e. The van der Waals surface area contributed by atoms with Crippen molar-refractivity contribution in [3.05, 3.63) is 71.8 Å². The number of nitrogens with one attached hydrogen (secondary N) is 1. The lowest BCUT2D eigenvalue weighted by atomic mass is 10.0. The van der Waals surface area contributed by atoms with E-state index in [0.717, 1.165) is 30.6 Å². The van der Waals surface area contributed by atoms with Crippen molar-refractivity contribution in [1.29, 1.82) is 0 Å². The molecule has 2 amide bonds. The summed E-state index contributed by atoms with van der Waals surface area (Å²) in [5.41, 5.74) is 1.81. The van der Waals surface area contributed by atoms with Gasteiger partial charge in [0, 0.05) is 26.1 Å². The Bertz CT molecular complexity index is 758. The summed E-state index contributed by atoms with van der Waals surface area (Å²) in [4.78, 5) is 27.7. The third-order valence-corrected chi connectivity index (χ3v) is 5.02. The molecular weight excluding hydrogens is 352 g/mol. The number of ether oxygens (including phenoxy) is 1. The topological polar surface area (TPSA) is 58.6 Å². The fourth-order valence-corrected chi connectivity index (χ4v) is 3.53. The molecule has 3 rings (SSSR count). The molecule has 148 valence electrons. The molecule has 2 aromatic rings. The van der Waals surface area contributed by atoms with Crippen molar-refractivity contribution in [2.75, 3.05) is 13.2 Å². The Kier molecular flexibility index (Phi) is 7.20. The van der Waals surface area contributed by atoms with Crippen LogP contribution in [0, 0.1) is 0 Å². The average molecular weight is 380 g/mol. The maximum absolute atomic E-state index is 13.2. The zero-order valence-corrected chi connectivity index (χ0v) is 16.3. The first-order chi connectivity index (χ1) is 13.7. The Morgan fingerprint density at radius 1 is 1.11 bits per heavy atom. The zero-order chi connectivity index (χ0) is 19.8. The number of hydrogen-bond acceptors (Lipinski definition) is 3. The third kappa shape index (κ3) is 5.20. The molecule has 1 fully saturated rings. The standard InChI is InChI=1S/C23H28N2O3/c1-2-21(26)25(17-18-10-5-3-6-11-18)22(19-12-7-4-8-13-19)23(27)24-16-20-14-9-15-28-20/h3-8,10-13,20,22H,2,9,14-17H2,1H3,(H,24,27)/t20-,22-/m1/s1. The van der Waals surface area contributed by atoms with E-state index in [9.17, 15) is 9.59 Å². The molecule has 5 heteroatoms. The number of nitrogens with zero attached hydrogens (tertiary/aromatic N) is 1. The SMILES string of the molecule is CCC(=O)N(Cc1ccccc1)[C@@H](C(=O)NC[C@H]1CCCO1)c1ccccc1. The van der Waals surface area contributed by atoms with Crippen molar-refractivity contribution < 1.29 is 14.3 Å². The number of hydrogen-bond donors (Lipinski definition) is 1. The predicted octanol–water partition coefficient (Wildman–Crippen LogP) is 3.46. The number of rotatable bonds is 8. The van der Waals surface area contributed by atoms with Gasteiger partial charge < -0.3 is 15.0 Å². The van der Waals surface area contributed by atoms with Gasteiger partial charge in [0.1, 0.15) is 6.04 Å². The van der Waals surface area contributed by atoms with Crippen molar-refractivity contribution >= 4 is 11.8 Å². The number of amides is 2. The van der Waals surface area contributed by atoms with Gasteiger partial charge in [0.05, 0.1) is 6.10 Å². The van der Waals surface area contributed by atoms with E-state index < -0.39 is 6.04 Å². The van der Waals surface area contributed by atoms with Crippen molar-refractivity contribution in [2.45, 2.75) is 44.9 Å². The van der Waals surface area contributed by atoms with Crippen LogP contribution in [-0.4, -0.2) is 36.0 Å². The summed E-state index contributed by atoms with van der Waals surface area (Å²) in [6.45, 7) is 3.44. The second-order valence-electron chi connectivity index (χ2n) is 7.05. The monoisotopic (exact) mass is 380 g/mol. The fourth-order valence-electron chi connectivity index (χ4n) is 3.53. The molecule has 2 atom stereocenters. The normalized spacial score (nSPS) is 17.1. The van der Waals surface area contributed by atoms with Crippen LogP contribution in [0.25, 0.3) is 0 Å². The second-order valence-corrected chi connectivity index (χ2v) is 7.05. The Labute approximate surface area is 166 Å². The van der Waals surface area contributed by atoms with Gasteiger partial charge in [0.25, 0.3) is 0 Å². The van der Waals surface area contributed by atoms with Gasteiger partial charge in [0.2, 0.25) is 11.8 Å². The summed E-state index contributed by atoms with van der Waals surface area (Å²) in [6, 6.07) is 18.6. The van der Waals surface area contributed by atoms with E-state index in [0.29, 0.717) is 19.5 Å². The van der Waals surface area contributed by atoms with Gasteiger partial charge in [0.15, 0.2) is 0 Å². The van der Waals surface area contributed by atoms with Gasteiger partial charge in [-0.3, -0.25) is 9.59 Å². The minimum atomic E-state index is -0.671. The summed E-state index contributed by atoms with van der Waals surface area (Å²) in [7, 11) is 0. The maximum Gasteiger partial charge on any atom is 0.247 e. The van der Waals surface area contributed by atoms with Crippen LogP contribution in [0.4, 0.5) is 0 Å². The molecule has 1 aliphatic rings. The van der Waals surface area contributed by atoms with Gasteiger partial charge in [-0.1, -0.05) is 67.6 Å². The number of benzene rings is 2. The summed E-state index contributed by atoms with van der Waals surface area (Å²) in [5.74, 6) is -0.218. The molecule has 0 bridgehead atoms. The maximum atomic E-state index is 13.2. The van der Waals surface area contributed by atoms with Crippen molar-refractivity contribution in [3.63, 3.8) is 0 Å². The third-order valence-electron chi connectivity index (χ3n) is 5.02. The van der Waals surface area contributed by atoms with E-state index in [1.807, 2.05) is 67.6 Å². The van der Waals surface area contributed by atoms with Crippen LogP contribution in [-0.2, 0) is 20.9 Å². The second kappa shape index (κ2) is 10.0. The summed E-state index contributed by atoms with van der Waals surface area (Å²) in [6.07, 6.45) is 2.38. The Balaban J connectivity index is 1.85. The quantitative estimate of drug-likeness (QED) is 0.763. The first-order valence-corrected chi connectivity index (χ1v) is 9.96. The highest BCUT2D eigenvalue weighted by Gasteiger charge is 2.31. The van der Waals surface area contributed by atoms with Crippen LogP contribution in [0.2, 0.25) is 0 Å². The molecule has 1 heterocycles. The summed E-state index contributed by atoms with van der Waals surface area (Å²) in [5, 5.41) is 3.01. The molecule has 0 aliphatic carbocycles.